The van der Waals surface area contributed by atoms with Crippen LogP contribution >= 0.6 is 11.8 Å². The summed E-state index contributed by atoms with van der Waals surface area (Å²) in [6.45, 7) is 1.88. The molecule has 26 heavy (non-hydrogen) atoms. The molecule has 1 fully saturated rings. The Hall–Kier alpha value is -2.00. The molecule has 2 atom stereocenters. The number of hydrogen-bond donors (Lipinski definition) is 2. The summed E-state index contributed by atoms with van der Waals surface area (Å²) in [5, 5.41) is 16.9. The quantitative estimate of drug-likeness (QED) is 0.810. The molecule has 138 valence electrons. The van der Waals surface area contributed by atoms with E-state index in [4.69, 9.17) is 0 Å². The molecule has 4 rings (SSSR count). The number of rotatable bonds is 2. The van der Waals surface area contributed by atoms with Crippen LogP contribution in [-0.4, -0.2) is 46.5 Å². The van der Waals surface area contributed by atoms with Crippen molar-refractivity contribution in [2.45, 2.75) is 24.6 Å². The van der Waals surface area contributed by atoms with Crippen LogP contribution in [0.15, 0.2) is 24.3 Å². The molecular weight excluding hydrogens is 374 g/mol. The zero-order valence-electron chi connectivity index (χ0n) is 14.2. The van der Waals surface area contributed by atoms with Gasteiger partial charge in [0, 0.05) is 5.56 Å². The molecule has 0 spiro atoms. The van der Waals surface area contributed by atoms with E-state index in [2.05, 4.69) is 10.4 Å². The van der Waals surface area contributed by atoms with Gasteiger partial charge in [0.2, 0.25) is 5.91 Å². The number of carbonyl (C=O) groups is 1. The summed E-state index contributed by atoms with van der Waals surface area (Å²) in [6, 6.07) is 6.66. The van der Waals surface area contributed by atoms with E-state index in [0.29, 0.717) is 18.0 Å². The highest BCUT2D eigenvalue weighted by Gasteiger charge is 2.36. The van der Waals surface area contributed by atoms with E-state index in [1.54, 1.807) is 16.8 Å². The Bertz CT molecular complexity index is 967. The van der Waals surface area contributed by atoms with Crippen LogP contribution < -0.4 is 5.32 Å². The van der Waals surface area contributed by atoms with Gasteiger partial charge in [-0.05, 0) is 31.0 Å². The molecule has 3 heterocycles. The van der Waals surface area contributed by atoms with Crippen LogP contribution in [-0.2, 0) is 14.6 Å². The molecule has 0 unspecified atom stereocenters. The Balaban J connectivity index is 1.81. The number of nitrogens with zero attached hydrogens (tertiary/aromatic N) is 2. The Labute approximate surface area is 155 Å². The third-order valence-electron chi connectivity index (χ3n) is 4.78. The zero-order chi connectivity index (χ0) is 18.5. The Morgan fingerprint density at radius 2 is 2.04 bits per heavy atom. The van der Waals surface area contributed by atoms with E-state index in [9.17, 15) is 18.3 Å². The Morgan fingerprint density at radius 3 is 2.69 bits per heavy atom. The van der Waals surface area contributed by atoms with E-state index in [1.807, 2.05) is 19.1 Å². The number of aryl methyl sites for hydroxylation is 1. The minimum atomic E-state index is -3.06. The first-order valence-corrected chi connectivity index (χ1v) is 11.2. The van der Waals surface area contributed by atoms with E-state index in [1.165, 1.54) is 11.8 Å². The highest BCUT2D eigenvalue weighted by molar-refractivity contribution is 8.00. The smallest absolute Gasteiger partial charge is 0.235 e. The van der Waals surface area contributed by atoms with Gasteiger partial charge in [0.05, 0.1) is 34.2 Å². The molecule has 7 nitrogen and oxygen atoms in total. The minimum Gasteiger partial charge on any atom is -0.508 e. The van der Waals surface area contributed by atoms with Gasteiger partial charge in [-0.25, -0.2) is 13.1 Å². The summed E-state index contributed by atoms with van der Waals surface area (Å²) in [7, 11) is -3.06. The minimum absolute atomic E-state index is 0.0491. The summed E-state index contributed by atoms with van der Waals surface area (Å²) in [5.74, 6) is 1.15. The molecular formula is C17H19N3O4S2. The number of aromatic nitrogens is 2. The number of anilines is 1. The molecule has 2 N–H and O–H groups in total. The van der Waals surface area contributed by atoms with Crippen LogP contribution in [0.3, 0.4) is 0 Å². The van der Waals surface area contributed by atoms with Crippen molar-refractivity contribution in [3.63, 3.8) is 0 Å². The Kier molecular flexibility index (Phi) is 4.23. The van der Waals surface area contributed by atoms with Gasteiger partial charge < -0.3 is 10.4 Å². The van der Waals surface area contributed by atoms with Crippen LogP contribution in [0.5, 0.6) is 5.75 Å². The molecule has 0 radical (unpaired) electrons. The summed E-state index contributed by atoms with van der Waals surface area (Å²) in [5.41, 5.74) is 2.64. The summed E-state index contributed by atoms with van der Waals surface area (Å²) in [6.07, 6.45) is 0.503. The van der Waals surface area contributed by atoms with Crippen molar-refractivity contribution >= 4 is 33.3 Å². The van der Waals surface area contributed by atoms with Gasteiger partial charge in [0.1, 0.15) is 11.6 Å². The number of thioether (sulfide) groups is 1. The zero-order valence-corrected chi connectivity index (χ0v) is 15.8. The lowest BCUT2D eigenvalue weighted by atomic mass is 10.0. The number of hydrogen-bond acceptors (Lipinski definition) is 6. The second-order valence-corrected chi connectivity index (χ2v) is 10.0. The van der Waals surface area contributed by atoms with E-state index in [-0.39, 0.29) is 34.5 Å². The number of aromatic hydroxyl groups is 1. The van der Waals surface area contributed by atoms with Gasteiger partial charge in [-0.15, -0.1) is 11.8 Å². The van der Waals surface area contributed by atoms with Crippen molar-refractivity contribution < 1.29 is 18.3 Å². The standard InChI is InChI=1S/C17H19N3O4S2/c1-10-15-16(11-2-4-13(21)5-3-11)25-8-14(22)18-17(15)20(19-10)12-6-7-26(23,24)9-12/h2-5,12,16,21H,6-9H2,1H3,(H,18,22)/t12-,16+/m0/s1. The van der Waals surface area contributed by atoms with Gasteiger partial charge in [-0.2, -0.15) is 5.10 Å². The van der Waals surface area contributed by atoms with Crippen molar-refractivity contribution in [2.24, 2.45) is 0 Å². The van der Waals surface area contributed by atoms with E-state index < -0.39 is 9.84 Å². The predicted molar refractivity (Wildman–Crippen MR) is 100 cm³/mol. The van der Waals surface area contributed by atoms with Gasteiger partial charge in [0.15, 0.2) is 9.84 Å². The first-order chi connectivity index (χ1) is 12.3. The fourth-order valence-electron chi connectivity index (χ4n) is 3.55. The number of phenols is 1. The molecule has 2 aliphatic heterocycles. The third-order valence-corrected chi connectivity index (χ3v) is 7.80. The average molecular weight is 393 g/mol. The van der Waals surface area contributed by atoms with Gasteiger partial charge >= 0.3 is 0 Å². The third kappa shape index (κ3) is 3.09. The van der Waals surface area contributed by atoms with Crippen LogP contribution in [0, 0.1) is 6.92 Å². The van der Waals surface area contributed by atoms with Crippen LogP contribution in [0.1, 0.15) is 34.5 Å². The van der Waals surface area contributed by atoms with Crippen LogP contribution in [0.4, 0.5) is 5.82 Å². The number of benzene rings is 1. The largest absolute Gasteiger partial charge is 0.508 e. The fraction of sp³-hybridized carbons (Fsp3) is 0.412. The monoisotopic (exact) mass is 393 g/mol. The maximum Gasteiger partial charge on any atom is 0.235 e. The first kappa shape index (κ1) is 17.4. The molecule has 1 amide bonds. The van der Waals surface area contributed by atoms with Gasteiger partial charge in [0.25, 0.3) is 0 Å². The van der Waals surface area contributed by atoms with E-state index >= 15 is 0 Å². The normalized spacial score (nSPS) is 24.7. The van der Waals surface area contributed by atoms with Crippen molar-refractivity contribution in [1.29, 1.82) is 0 Å². The molecule has 0 aliphatic carbocycles. The molecule has 1 aromatic carbocycles. The maximum absolute atomic E-state index is 12.2. The maximum atomic E-state index is 12.2. The predicted octanol–water partition coefficient (Wildman–Crippen LogP) is 2.03. The number of phenolic OH excluding ortho intramolecular Hbond substituents is 1. The lowest BCUT2D eigenvalue weighted by Crippen LogP contribution is -2.20. The lowest BCUT2D eigenvalue weighted by molar-refractivity contribution is -0.113. The van der Waals surface area contributed by atoms with Crippen molar-refractivity contribution in [3.8, 4) is 5.75 Å². The molecule has 2 aliphatic rings. The molecule has 1 saturated heterocycles. The molecule has 0 saturated carbocycles. The highest BCUT2D eigenvalue weighted by atomic mass is 32.2. The summed E-state index contributed by atoms with van der Waals surface area (Å²) in [4.78, 5) is 12.2. The van der Waals surface area contributed by atoms with Crippen LogP contribution in [0.2, 0.25) is 0 Å². The number of sulfone groups is 1. The first-order valence-electron chi connectivity index (χ1n) is 8.34. The molecule has 0 bridgehead atoms. The topological polar surface area (TPSA) is 101 Å². The lowest BCUT2D eigenvalue weighted by Gasteiger charge is -2.16. The molecule has 9 heteroatoms. The SMILES string of the molecule is Cc1nn([C@H]2CCS(=O)(=O)C2)c2c1[C@@H](c1ccc(O)cc1)SCC(=O)N2. The van der Waals surface area contributed by atoms with E-state index in [0.717, 1.165) is 16.8 Å². The fourth-order valence-corrected chi connectivity index (χ4v) is 6.43. The number of carbonyl (C=O) groups excluding carboxylic acids is 1. The van der Waals surface area contributed by atoms with Crippen molar-refractivity contribution in [1.82, 2.24) is 9.78 Å². The summed E-state index contributed by atoms with van der Waals surface area (Å²) < 4.78 is 25.5. The number of fused-ring (bicyclic) bond motifs is 1. The molecule has 1 aromatic heterocycles. The number of amides is 1. The highest BCUT2D eigenvalue weighted by Crippen LogP contribution is 2.44. The Morgan fingerprint density at radius 1 is 1.31 bits per heavy atom. The molecule has 2 aromatic rings. The second kappa shape index (κ2) is 6.31. The van der Waals surface area contributed by atoms with Crippen LogP contribution in [0.25, 0.3) is 0 Å². The van der Waals surface area contributed by atoms with Crippen molar-refractivity contribution in [2.75, 3.05) is 22.6 Å². The van der Waals surface area contributed by atoms with Gasteiger partial charge in [-0.1, -0.05) is 12.1 Å². The number of nitrogens with one attached hydrogen (secondary N) is 1. The average Bonchev–Trinajstić information content (AvgIpc) is 3.03. The van der Waals surface area contributed by atoms with Crippen molar-refractivity contribution in [3.05, 3.63) is 41.1 Å². The van der Waals surface area contributed by atoms with Gasteiger partial charge in [-0.3, -0.25) is 4.79 Å². The second-order valence-electron chi connectivity index (χ2n) is 6.68. The summed E-state index contributed by atoms with van der Waals surface area (Å²) >= 11 is 1.50.